The lowest BCUT2D eigenvalue weighted by atomic mass is 9.96. The summed E-state index contributed by atoms with van der Waals surface area (Å²) >= 11 is 1.79. The normalized spacial score (nSPS) is 38.2. The van der Waals surface area contributed by atoms with Crippen molar-refractivity contribution in [2.45, 2.75) is 35.5 Å². The van der Waals surface area contributed by atoms with Gasteiger partial charge in [0.2, 0.25) is 0 Å². The van der Waals surface area contributed by atoms with Crippen LogP contribution in [0.4, 0.5) is 0 Å². The predicted molar refractivity (Wildman–Crippen MR) is 65.9 cm³/mol. The van der Waals surface area contributed by atoms with Crippen LogP contribution in [0.25, 0.3) is 0 Å². The zero-order valence-electron chi connectivity index (χ0n) is 9.52. The molecule has 3 heteroatoms. The summed E-state index contributed by atoms with van der Waals surface area (Å²) in [4.78, 5) is 13.0. The highest BCUT2D eigenvalue weighted by Crippen LogP contribution is 2.61. The second kappa shape index (κ2) is 3.29. The monoisotopic (exact) mass is 246 g/mol. The molecular weight excluding hydrogens is 232 g/mol. The van der Waals surface area contributed by atoms with Gasteiger partial charge in [-0.1, -0.05) is 23.9 Å². The van der Waals surface area contributed by atoms with E-state index in [0.29, 0.717) is 5.92 Å². The minimum Gasteiger partial charge on any atom is -0.444 e. The van der Waals surface area contributed by atoms with Crippen LogP contribution in [0.2, 0.25) is 0 Å². The first-order valence-electron chi connectivity index (χ1n) is 6.28. The first kappa shape index (κ1) is 10.0. The van der Waals surface area contributed by atoms with Crippen molar-refractivity contribution >= 4 is 17.7 Å². The maximum Gasteiger partial charge on any atom is 0.340 e. The molecule has 0 N–H and O–H groups in total. The number of rotatable bonds is 0. The average molecular weight is 246 g/mol. The summed E-state index contributed by atoms with van der Waals surface area (Å²) in [5.41, 5.74) is 0.742. The maximum absolute atomic E-state index is 12.1. The standard InChI is InChI=1S/C14H14O2S/c15-13-11-3-1-2-4-12(11)17-14(16-13)8-9-5-6-10(14)7-9/h1-4,9-10H,5-8H2. The molecule has 2 aliphatic carbocycles. The van der Waals surface area contributed by atoms with E-state index in [9.17, 15) is 4.79 Å². The molecule has 2 fully saturated rings. The molecule has 1 heterocycles. The minimum atomic E-state index is -0.228. The van der Waals surface area contributed by atoms with Crippen LogP contribution in [0.5, 0.6) is 0 Å². The zero-order valence-corrected chi connectivity index (χ0v) is 10.3. The fourth-order valence-corrected chi connectivity index (χ4v) is 5.22. The van der Waals surface area contributed by atoms with Gasteiger partial charge in [-0.15, -0.1) is 0 Å². The second-order valence-corrected chi connectivity index (χ2v) is 6.71. The van der Waals surface area contributed by atoms with Crippen molar-refractivity contribution in [3.63, 3.8) is 0 Å². The first-order valence-corrected chi connectivity index (χ1v) is 7.10. The quantitative estimate of drug-likeness (QED) is 0.656. The van der Waals surface area contributed by atoms with Crippen LogP contribution in [-0.4, -0.2) is 10.9 Å². The Morgan fingerprint density at radius 3 is 2.94 bits per heavy atom. The Balaban J connectivity index is 1.77. The van der Waals surface area contributed by atoms with E-state index in [2.05, 4.69) is 0 Å². The molecule has 2 saturated carbocycles. The van der Waals surface area contributed by atoms with E-state index in [-0.39, 0.29) is 10.9 Å². The summed E-state index contributed by atoms with van der Waals surface area (Å²) in [6.07, 6.45) is 4.87. The molecule has 0 saturated heterocycles. The molecule has 1 aliphatic heterocycles. The van der Waals surface area contributed by atoms with Crippen LogP contribution in [0.1, 0.15) is 36.0 Å². The number of thioether (sulfide) groups is 1. The van der Waals surface area contributed by atoms with Gasteiger partial charge in [0.1, 0.15) is 0 Å². The Labute approximate surface area is 105 Å². The maximum atomic E-state index is 12.1. The zero-order chi connectivity index (χ0) is 11.5. The number of esters is 1. The minimum absolute atomic E-state index is 0.119. The molecule has 3 aliphatic rings. The first-order chi connectivity index (χ1) is 8.27. The van der Waals surface area contributed by atoms with Crippen molar-refractivity contribution in [3.05, 3.63) is 29.8 Å². The van der Waals surface area contributed by atoms with Crippen molar-refractivity contribution in [2.75, 3.05) is 0 Å². The third-order valence-electron chi connectivity index (χ3n) is 4.39. The van der Waals surface area contributed by atoms with E-state index >= 15 is 0 Å². The molecule has 2 bridgehead atoms. The Kier molecular flexibility index (Phi) is 1.93. The average Bonchev–Trinajstić information content (AvgIpc) is 2.89. The number of benzene rings is 1. The summed E-state index contributed by atoms with van der Waals surface area (Å²) in [6.45, 7) is 0. The number of hydrogen-bond donors (Lipinski definition) is 0. The lowest BCUT2D eigenvalue weighted by Gasteiger charge is -2.39. The van der Waals surface area contributed by atoms with E-state index in [0.717, 1.165) is 22.8 Å². The van der Waals surface area contributed by atoms with Crippen molar-refractivity contribution in [1.82, 2.24) is 0 Å². The Morgan fingerprint density at radius 1 is 1.29 bits per heavy atom. The summed E-state index contributed by atoms with van der Waals surface area (Å²) in [6, 6.07) is 7.82. The number of carbonyl (C=O) groups excluding carboxylic acids is 1. The lowest BCUT2D eigenvalue weighted by molar-refractivity contribution is -0.00134. The summed E-state index contributed by atoms with van der Waals surface area (Å²) in [7, 11) is 0. The molecule has 0 aromatic heterocycles. The second-order valence-electron chi connectivity index (χ2n) is 5.38. The van der Waals surface area contributed by atoms with Crippen LogP contribution < -0.4 is 0 Å². The highest BCUT2D eigenvalue weighted by atomic mass is 32.2. The SMILES string of the molecule is O=C1OC2(CC3CCC2C3)Sc2ccccc21. The van der Waals surface area contributed by atoms with E-state index in [4.69, 9.17) is 4.74 Å². The topological polar surface area (TPSA) is 26.3 Å². The highest BCUT2D eigenvalue weighted by molar-refractivity contribution is 8.00. The van der Waals surface area contributed by atoms with Gasteiger partial charge in [0.15, 0.2) is 4.93 Å². The molecule has 1 aromatic rings. The lowest BCUT2D eigenvalue weighted by Crippen LogP contribution is -2.39. The van der Waals surface area contributed by atoms with Crippen molar-refractivity contribution in [3.8, 4) is 0 Å². The van der Waals surface area contributed by atoms with Crippen LogP contribution in [0.3, 0.4) is 0 Å². The van der Waals surface area contributed by atoms with Crippen LogP contribution in [-0.2, 0) is 4.74 Å². The van der Waals surface area contributed by atoms with Crippen LogP contribution >= 0.6 is 11.8 Å². The molecule has 0 radical (unpaired) electrons. The molecule has 2 nitrogen and oxygen atoms in total. The van der Waals surface area contributed by atoms with Gasteiger partial charge in [0.05, 0.1) is 5.56 Å². The fraction of sp³-hybridized carbons (Fsp3) is 0.500. The molecule has 17 heavy (non-hydrogen) atoms. The number of hydrogen-bond acceptors (Lipinski definition) is 3. The van der Waals surface area contributed by atoms with Gasteiger partial charge in [-0.05, 0) is 37.3 Å². The van der Waals surface area contributed by atoms with Crippen molar-refractivity contribution < 1.29 is 9.53 Å². The third kappa shape index (κ3) is 1.32. The molecule has 3 atom stereocenters. The number of fused-ring (bicyclic) bond motifs is 4. The van der Waals surface area contributed by atoms with E-state index in [1.807, 2.05) is 24.3 Å². The van der Waals surface area contributed by atoms with Gasteiger partial charge < -0.3 is 4.74 Å². The molecular formula is C14H14O2S. The number of ether oxygens (including phenoxy) is 1. The Hall–Kier alpha value is -0.960. The van der Waals surface area contributed by atoms with E-state index < -0.39 is 0 Å². The third-order valence-corrected chi connectivity index (χ3v) is 5.90. The molecule has 3 unspecified atom stereocenters. The van der Waals surface area contributed by atoms with Gasteiger partial charge in [-0.25, -0.2) is 4.79 Å². The Morgan fingerprint density at radius 2 is 2.18 bits per heavy atom. The largest absolute Gasteiger partial charge is 0.444 e. The predicted octanol–water partition coefficient (Wildman–Crippen LogP) is 3.47. The number of carbonyl (C=O) groups is 1. The molecule has 1 aromatic carbocycles. The van der Waals surface area contributed by atoms with Gasteiger partial charge >= 0.3 is 5.97 Å². The van der Waals surface area contributed by atoms with Crippen molar-refractivity contribution in [2.24, 2.45) is 11.8 Å². The Bertz CT molecular complexity index is 499. The summed E-state index contributed by atoms with van der Waals surface area (Å²) in [5, 5.41) is 0. The summed E-state index contributed by atoms with van der Waals surface area (Å²) in [5.74, 6) is 1.24. The van der Waals surface area contributed by atoms with E-state index in [1.165, 1.54) is 19.3 Å². The van der Waals surface area contributed by atoms with Gasteiger partial charge in [0, 0.05) is 17.2 Å². The summed E-state index contributed by atoms with van der Waals surface area (Å²) < 4.78 is 5.82. The van der Waals surface area contributed by atoms with Crippen LogP contribution in [0, 0.1) is 11.8 Å². The van der Waals surface area contributed by atoms with Gasteiger partial charge in [-0.3, -0.25) is 0 Å². The molecule has 0 amide bonds. The van der Waals surface area contributed by atoms with E-state index in [1.54, 1.807) is 11.8 Å². The smallest absolute Gasteiger partial charge is 0.340 e. The highest BCUT2D eigenvalue weighted by Gasteiger charge is 2.56. The van der Waals surface area contributed by atoms with Crippen LogP contribution in [0.15, 0.2) is 29.2 Å². The van der Waals surface area contributed by atoms with Crippen molar-refractivity contribution in [1.29, 1.82) is 0 Å². The van der Waals surface area contributed by atoms with Gasteiger partial charge in [0.25, 0.3) is 0 Å². The molecule has 4 rings (SSSR count). The molecule has 88 valence electrons. The van der Waals surface area contributed by atoms with Gasteiger partial charge in [-0.2, -0.15) is 0 Å². The fourth-order valence-electron chi connectivity index (χ4n) is 3.62. The molecule has 1 spiro atoms.